The molecule has 0 saturated carbocycles. The van der Waals surface area contributed by atoms with E-state index in [9.17, 15) is 14.4 Å². The van der Waals surface area contributed by atoms with Gasteiger partial charge in [-0.15, -0.1) is 0 Å². The largest absolute Gasteiger partial charge is 0.478 e. The van der Waals surface area contributed by atoms with Crippen LogP contribution in [-0.2, 0) is 0 Å². The van der Waals surface area contributed by atoms with Crippen LogP contribution in [0.5, 0.6) is 0 Å². The average molecular weight is 223 g/mol. The molecule has 84 valence electrons. The van der Waals surface area contributed by atoms with Gasteiger partial charge in [0.2, 0.25) is 0 Å². The number of carboxylic acids is 2. The van der Waals surface area contributed by atoms with Crippen molar-refractivity contribution < 1.29 is 24.6 Å². The van der Waals surface area contributed by atoms with E-state index < -0.39 is 23.2 Å². The molecule has 0 aliphatic carbocycles. The van der Waals surface area contributed by atoms with Gasteiger partial charge in [-0.05, 0) is 19.9 Å². The lowest BCUT2D eigenvalue weighted by molar-refractivity contribution is 0.0646. The van der Waals surface area contributed by atoms with Crippen molar-refractivity contribution in [1.29, 1.82) is 0 Å². The summed E-state index contributed by atoms with van der Waals surface area (Å²) in [5.74, 6) is -3.22. The Balaban J connectivity index is 3.55. The van der Waals surface area contributed by atoms with Gasteiger partial charge in [0.05, 0.1) is 5.56 Å². The SMILES string of the molecule is CC(=O)c1cc(C(=O)O)c(C(=O)O)nc1C. The third-order valence-corrected chi connectivity index (χ3v) is 2.03. The van der Waals surface area contributed by atoms with Gasteiger partial charge in [-0.3, -0.25) is 4.79 Å². The number of aromatic carboxylic acids is 2. The van der Waals surface area contributed by atoms with Crippen molar-refractivity contribution in [3.63, 3.8) is 0 Å². The smallest absolute Gasteiger partial charge is 0.355 e. The number of carbonyl (C=O) groups is 3. The molecule has 2 N–H and O–H groups in total. The Bertz CT molecular complexity index is 492. The fourth-order valence-electron chi connectivity index (χ4n) is 1.29. The zero-order chi connectivity index (χ0) is 12.5. The number of pyridine rings is 1. The first-order chi connectivity index (χ1) is 7.34. The Hall–Kier alpha value is -2.24. The van der Waals surface area contributed by atoms with E-state index in [-0.39, 0.29) is 17.0 Å². The number of ketones is 1. The second-order valence-electron chi connectivity index (χ2n) is 3.18. The van der Waals surface area contributed by atoms with Crippen LogP contribution in [-0.4, -0.2) is 32.9 Å². The number of hydrogen-bond acceptors (Lipinski definition) is 4. The monoisotopic (exact) mass is 223 g/mol. The molecule has 0 aliphatic heterocycles. The predicted octanol–water partition coefficient (Wildman–Crippen LogP) is 0.989. The normalized spacial score (nSPS) is 9.88. The summed E-state index contributed by atoms with van der Waals surface area (Å²) in [5, 5.41) is 17.6. The van der Waals surface area contributed by atoms with E-state index in [4.69, 9.17) is 10.2 Å². The van der Waals surface area contributed by atoms with E-state index in [1.54, 1.807) is 0 Å². The van der Waals surface area contributed by atoms with E-state index in [0.29, 0.717) is 0 Å². The van der Waals surface area contributed by atoms with Gasteiger partial charge in [-0.2, -0.15) is 0 Å². The van der Waals surface area contributed by atoms with Crippen LogP contribution in [0.1, 0.15) is 43.8 Å². The molecule has 0 fully saturated rings. The number of carbonyl (C=O) groups excluding carboxylic acids is 1. The number of hydrogen-bond donors (Lipinski definition) is 2. The van der Waals surface area contributed by atoms with E-state index in [1.165, 1.54) is 13.8 Å². The Kier molecular flexibility index (Phi) is 3.03. The zero-order valence-corrected chi connectivity index (χ0v) is 8.64. The fraction of sp³-hybridized carbons (Fsp3) is 0.200. The Morgan fingerprint density at radius 3 is 2.06 bits per heavy atom. The van der Waals surface area contributed by atoms with Gasteiger partial charge in [0.1, 0.15) is 0 Å². The number of Topliss-reactive ketones (excluding diaryl/α,β-unsaturated/α-hetero) is 1. The summed E-state index contributed by atoms with van der Waals surface area (Å²) in [4.78, 5) is 36.3. The summed E-state index contributed by atoms with van der Waals surface area (Å²) >= 11 is 0. The first-order valence-corrected chi connectivity index (χ1v) is 4.33. The summed E-state index contributed by atoms with van der Waals surface area (Å²) in [6.45, 7) is 2.71. The number of carboxylic acid groups (broad SMARTS) is 2. The highest BCUT2D eigenvalue weighted by molar-refractivity contribution is 6.03. The lowest BCUT2D eigenvalue weighted by Crippen LogP contribution is -2.14. The molecular formula is C10H9NO5. The van der Waals surface area contributed by atoms with Crippen molar-refractivity contribution in [2.24, 2.45) is 0 Å². The molecule has 1 aromatic heterocycles. The Labute approximate surface area is 90.5 Å². The van der Waals surface area contributed by atoms with E-state index in [1.807, 2.05) is 0 Å². The van der Waals surface area contributed by atoms with Gasteiger partial charge >= 0.3 is 11.9 Å². The maximum atomic E-state index is 11.1. The van der Waals surface area contributed by atoms with Gasteiger partial charge in [-0.1, -0.05) is 0 Å². The van der Waals surface area contributed by atoms with E-state index >= 15 is 0 Å². The van der Waals surface area contributed by atoms with Crippen molar-refractivity contribution in [2.75, 3.05) is 0 Å². The molecule has 0 unspecified atom stereocenters. The van der Waals surface area contributed by atoms with Crippen molar-refractivity contribution in [1.82, 2.24) is 4.98 Å². The van der Waals surface area contributed by atoms with E-state index in [2.05, 4.69) is 4.98 Å². The summed E-state index contributed by atoms with van der Waals surface area (Å²) < 4.78 is 0. The maximum absolute atomic E-state index is 11.1. The van der Waals surface area contributed by atoms with Crippen LogP contribution < -0.4 is 0 Å². The van der Waals surface area contributed by atoms with Gasteiger partial charge in [0.25, 0.3) is 0 Å². The first-order valence-electron chi connectivity index (χ1n) is 4.33. The highest BCUT2D eigenvalue weighted by Crippen LogP contribution is 2.14. The Morgan fingerprint density at radius 2 is 1.69 bits per heavy atom. The molecule has 0 aromatic carbocycles. The molecule has 6 heteroatoms. The Morgan fingerprint density at radius 1 is 1.12 bits per heavy atom. The third kappa shape index (κ3) is 2.05. The molecule has 16 heavy (non-hydrogen) atoms. The van der Waals surface area contributed by atoms with E-state index in [0.717, 1.165) is 6.07 Å². The van der Waals surface area contributed by atoms with Gasteiger partial charge < -0.3 is 10.2 Å². The van der Waals surface area contributed by atoms with Gasteiger partial charge in [-0.25, -0.2) is 14.6 Å². The molecule has 1 aromatic rings. The standard InChI is InChI=1S/C10H9NO5/c1-4-6(5(2)12)3-7(9(13)14)8(11-4)10(15)16/h3H,1-2H3,(H,13,14)(H,15,16). The molecule has 0 bridgehead atoms. The van der Waals surface area contributed by atoms with Crippen LogP contribution in [0.15, 0.2) is 6.07 Å². The minimum Gasteiger partial charge on any atom is -0.478 e. The molecule has 6 nitrogen and oxygen atoms in total. The van der Waals surface area contributed by atoms with Crippen LogP contribution in [0, 0.1) is 6.92 Å². The molecular weight excluding hydrogens is 214 g/mol. The van der Waals surface area contributed by atoms with Crippen LogP contribution >= 0.6 is 0 Å². The van der Waals surface area contributed by atoms with Crippen LogP contribution in [0.2, 0.25) is 0 Å². The van der Waals surface area contributed by atoms with Crippen molar-refractivity contribution >= 4 is 17.7 Å². The molecule has 0 spiro atoms. The second-order valence-corrected chi connectivity index (χ2v) is 3.18. The van der Waals surface area contributed by atoms with Crippen LogP contribution in [0.25, 0.3) is 0 Å². The maximum Gasteiger partial charge on any atom is 0.355 e. The van der Waals surface area contributed by atoms with Crippen molar-refractivity contribution in [3.05, 3.63) is 28.6 Å². The number of aromatic nitrogens is 1. The predicted molar refractivity (Wildman–Crippen MR) is 52.9 cm³/mol. The summed E-state index contributed by atoms with van der Waals surface area (Å²) in [5.41, 5.74) is -0.726. The van der Waals surface area contributed by atoms with Crippen LogP contribution in [0.3, 0.4) is 0 Å². The topological polar surface area (TPSA) is 105 Å². The highest BCUT2D eigenvalue weighted by atomic mass is 16.4. The third-order valence-electron chi connectivity index (χ3n) is 2.03. The average Bonchev–Trinajstić information content (AvgIpc) is 2.15. The summed E-state index contributed by atoms with van der Waals surface area (Å²) in [7, 11) is 0. The number of nitrogens with zero attached hydrogens (tertiary/aromatic N) is 1. The first kappa shape index (κ1) is 11.8. The number of rotatable bonds is 3. The molecule has 0 radical (unpaired) electrons. The minimum absolute atomic E-state index is 0.113. The van der Waals surface area contributed by atoms with Crippen molar-refractivity contribution in [3.8, 4) is 0 Å². The summed E-state index contributed by atoms with van der Waals surface area (Å²) in [6, 6.07) is 1.04. The molecule has 0 atom stereocenters. The lowest BCUT2D eigenvalue weighted by Gasteiger charge is -2.06. The molecule has 1 heterocycles. The molecule has 0 aliphatic rings. The number of aryl methyl sites for hydroxylation is 1. The van der Waals surface area contributed by atoms with Crippen LogP contribution in [0.4, 0.5) is 0 Å². The highest BCUT2D eigenvalue weighted by Gasteiger charge is 2.21. The second kappa shape index (κ2) is 4.09. The van der Waals surface area contributed by atoms with Gasteiger partial charge in [0.15, 0.2) is 11.5 Å². The summed E-state index contributed by atoms with van der Waals surface area (Å²) in [6.07, 6.45) is 0. The minimum atomic E-state index is -1.43. The quantitative estimate of drug-likeness (QED) is 0.740. The fourth-order valence-corrected chi connectivity index (χ4v) is 1.29. The zero-order valence-electron chi connectivity index (χ0n) is 8.64. The lowest BCUT2D eigenvalue weighted by atomic mass is 10.1. The molecule has 0 saturated heterocycles. The van der Waals surface area contributed by atoms with Crippen molar-refractivity contribution in [2.45, 2.75) is 13.8 Å². The van der Waals surface area contributed by atoms with Gasteiger partial charge in [0, 0.05) is 11.3 Å². The molecule has 1 rings (SSSR count). The molecule has 0 amide bonds.